The summed E-state index contributed by atoms with van der Waals surface area (Å²) in [5, 5.41) is 0.652. The van der Waals surface area contributed by atoms with Gasteiger partial charge in [0, 0.05) is 22.4 Å². The average molecular weight is 482 g/mol. The zero-order valence-electron chi connectivity index (χ0n) is 16.6. The zero-order chi connectivity index (χ0) is 21.1. The van der Waals surface area contributed by atoms with Gasteiger partial charge in [-0.3, -0.25) is 14.7 Å². The number of thiazole rings is 1. The highest BCUT2D eigenvalue weighted by molar-refractivity contribution is 9.10. The van der Waals surface area contributed by atoms with Crippen molar-refractivity contribution in [2.45, 2.75) is 26.5 Å². The quantitative estimate of drug-likeness (QED) is 0.334. The molecule has 1 amide bonds. The van der Waals surface area contributed by atoms with Gasteiger partial charge in [0.25, 0.3) is 5.91 Å². The Morgan fingerprint density at radius 2 is 1.97 bits per heavy atom. The number of pyridine rings is 1. The smallest absolute Gasteiger partial charge is 0.260 e. The van der Waals surface area contributed by atoms with Crippen LogP contribution in [0.4, 0.5) is 5.13 Å². The van der Waals surface area contributed by atoms with Crippen molar-refractivity contribution < 1.29 is 9.53 Å². The van der Waals surface area contributed by atoms with Crippen molar-refractivity contribution in [3.05, 3.63) is 82.6 Å². The Kier molecular flexibility index (Phi) is 6.11. The lowest BCUT2D eigenvalue weighted by molar-refractivity contribution is 0.0985. The van der Waals surface area contributed by atoms with Gasteiger partial charge in [0.15, 0.2) is 5.13 Å². The fourth-order valence-electron chi connectivity index (χ4n) is 3.01. The molecule has 0 radical (unpaired) electrons. The van der Waals surface area contributed by atoms with E-state index in [4.69, 9.17) is 9.72 Å². The molecular formula is C23H20BrN3O2S. The van der Waals surface area contributed by atoms with E-state index < -0.39 is 0 Å². The third kappa shape index (κ3) is 4.68. The minimum absolute atomic E-state index is 0.0794. The maximum atomic E-state index is 13.4. The van der Waals surface area contributed by atoms with E-state index in [9.17, 15) is 4.79 Å². The molecule has 2 heterocycles. The molecule has 0 aliphatic rings. The third-order valence-electron chi connectivity index (χ3n) is 4.35. The number of anilines is 1. The molecule has 4 rings (SSSR count). The van der Waals surface area contributed by atoms with Crippen LogP contribution in [-0.2, 0) is 6.54 Å². The molecule has 0 aliphatic carbocycles. The van der Waals surface area contributed by atoms with Crippen molar-refractivity contribution in [3.8, 4) is 5.75 Å². The standard InChI is InChI=1S/C23H20BrN3O2S/c1-15(2)29-19-8-5-17(6-9-19)22(28)27(14-16-4-3-11-25-13-16)23-26-20-10-7-18(24)12-21(20)30-23/h3-13,15H,14H2,1-2H3. The Morgan fingerprint density at radius 3 is 2.67 bits per heavy atom. The predicted octanol–water partition coefficient (Wildman–Crippen LogP) is 6.09. The molecule has 152 valence electrons. The summed E-state index contributed by atoms with van der Waals surface area (Å²) in [5.74, 6) is 0.623. The minimum atomic E-state index is -0.118. The Hall–Kier alpha value is -2.77. The summed E-state index contributed by atoms with van der Waals surface area (Å²) in [6.07, 6.45) is 3.57. The molecule has 4 aromatic rings. The van der Waals surface area contributed by atoms with Crippen LogP contribution >= 0.6 is 27.3 Å². The number of hydrogen-bond donors (Lipinski definition) is 0. The Balaban J connectivity index is 1.69. The highest BCUT2D eigenvalue weighted by Crippen LogP contribution is 2.32. The number of rotatable bonds is 6. The first-order chi connectivity index (χ1) is 14.5. The van der Waals surface area contributed by atoms with Gasteiger partial charge in [0.05, 0.1) is 22.9 Å². The lowest BCUT2D eigenvalue weighted by atomic mass is 10.1. The number of nitrogens with zero attached hydrogens (tertiary/aromatic N) is 3. The number of aromatic nitrogens is 2. The van der Waals surface area contributed by atoms with Crippen molar-refractivity contribution in [2.75, 3.05) is 4.90 Å². The van der Waals surface area contributed by atoms with E-state index >= 15 is 0 Å². The maximum absolute atomic E-state index is 13.4. The van der Waals surface area contributed by atoms with Crippen molar-refractivity contribution in [1.29, 1.82) is 0 Å². The molecule has 7 heteroatoms. The van der Waals surface area contributed by atoms with Crippen LogP contribution in [0.5, 0.6) is 5.75 Å². The van der Waals surface area contributed by atoms with Gasteiger partial charge in [0.1, 0.15) is 5.75 Å². The summed E-state index contributed by atoms with van der Waals surface area (Å²) in [6.45, 7) is 4.33. The summed E-state index contributed by atoms with van der Waals surface area (Å²) in [5.41, 5.74) is 2.38. The fourth-order valence-corrected chi connectivity index (χ4v) is 4.52. The van der Waals surface area contributed by atoms with Gasteiger partial charge in [-0.25, -0.2) is 4.98 Å². The van der Waals surface area contributed by atoms with Gasteiger partial charge in [-0.15, -0.1) is 0 Å². The first-order valence-electron chi connectivity index (χ1n) is 9.53. The second-order valence-electron chi connectivity index (χ2n) is 7.05. The monoisotopic (exact) mass is 481 g/mol. The van der Waals surface area contributed by atoms with E-state index in [1.54, 1.807) is 29.4 Å². The third-order valence-corrected chi connectivity index (χ3v) is 5.89. The molecule has 0 aliphatic heterocycles. The van der Waals surface area contributed by atoms with E-state index in [0.717, 1.165) is 26.0 Å². The first-order valence-corrected chi connectivity index (χ1v) is 11.1. The minimum Gasteiger partial charge on any atom is -0.491 e. The summed E-state index contributed by atoms with van der Waals surface area (Å²) in [7, 11) is 0. The number of carbonyl (C=O) groups is 1. The number of hydrogen-bond acceptors (Lipinski definition) is 5. The highest BCUT2D eigenvalue weighted by atomic mass is 79.9. The number of amides is 1. The molecule has 0 bridgehead atoms. The molecule has 0 spiro atoms. The fraction of sp³-hybridized carbons (Fsp3) is 0.174. The van der Waals surface area contributed by atoms with E-state index in [1.807, 2.05) is 56.3 Å². The topological polar surface area (TPSA) is 55.3 Å². The Morgan fingerprint density at radius 1 is 1.17 bits per heavy atom. The number of benzene rings is 2. The van der Waals surface area contributed by atoms with Crippen molar-refractivity contribution in [1.82, 2.24) is 9.97 Å². The summed E-state index contributed by atoms with van der Waals surface area (Å²) in [4.78, 5) is 24.0. The van der Waals surface area contributed by atoms with Crippen LogP contribution < -0.4 is 9.64 Å². The normalized spacial score (nSPS) is 11.1. The summed E-state index contributed by atoms with van der Waals surface area (Å²) >= 11 is 4.99. The van der Waals surface area contributed by atoms with Gasteiger partial charge in [0.2, 0.25) is 0 Å². The highest BCUT2D eigenvalue weighted by Gasteiger charge is 2.22. The van der Waals surface area contributed by atoms with E-state index in [-0.39, 0.29) is 12.0 Å². The largest absolute Gasteiger partial charge is 0.491 e. The van der Waals surface area contributed by atoms with Gasteiger partial charge in [-0.2, -0.15) is 0 Å². The number of halogens is 1. The lowest BCUT2D eigenvalue weighted by Gasteiger charge is -2.20. The Labute approximate surface area is 187 Å². The molecule has 0 N–H and O–H groups in total. The van der Waals surface area contributed by atoms with Crippen molar-refractivity contribution in [2.24, 2.45) is 0 Å². The van der Waals surface area contributed by atoms with Crippen LogP contribution in [0.3, 0.4) is 0 Å². The van der Waals surface area contributed by atoms with E-state index in [2.05, 4.69) is 20.9 Å². The van der Waals surface area contributed by atoms with Crippen molar-refractivity contribution in [3.63, 3.8) is 0 Å². The predicted molar refractivity (Wildman–Crippen MR) is 124 cm³/mol. The van der Waals surface area contributed by atoms with Crippen LogP contribution in [0.1, 0.15) is 29.8 Å². The van der Waals surface area contributed by atoms with Gasteiger partial charge in [-0.1, -0.05) is 33.3 Å². The zero-order valence-corrected chi connectivity index (χ0v) is 19.0. The SMILES string of the molecule is CC(C)Oc1ccc(C(=O)N(Cc2cccnc2)c2nc3ccc(Br)cc3s2)cc1. The molecule has 0 unspecified atom stereocenters. The van der Waals surface area contributed by atoms with Crippen LogP contribution in [0.25, 0.3) is 10.2 Å². The van der Waals surface area contributed by atoms with E-state index in [0.29, 0.717) is 17.2 Å². The second kappa shape index (κ2) is 8.93. The molecule has 0 saturated carbocycles. The molecular weight excluding hydrogens is 462 g/mol. The average Bonchev–Trinajstić information content (AvgIpc) is 3.15. The number of ether oxygens (including phenoxy) is 1. The van der Waals surface area contributed by atoms with E-state index in [1.165, 1.54) is 11.3 Å². The molecule has 5 nitrogen and oxygen atoms in total. The summed E-state index contributed by atoms with van der Waals surface area (Å²) in [6, 6.07) is 17.0. The summed E-state index contributed by atoms with van der Waals surface area (Å²) < 4.78 is 7.69. The molecule has 2 aromatic carbocycles. The van der Waals surface area contributed by atoms with Crippen LogP contribution in [-0.4, -0.2) is 22.0 Å². The van der Waals surface area contributed by atoms with Crippen LogP contribution in [0.15, 0.2) is 71.5 Å². The maximum Gasteiger partial charge on any atom is 0.260 e. The number of fused-ring (bicyclic) bond motifs is 1. The lowest BCUT2D eigenvalue weighted by Crippen LogP contribution is -2.30. The molecule has 2 aromatic heterocycles. The van der Waals surface area contributed by atoms with Crippen LogP contribution in [0.2, 0.25) is 0 Å². The Bertz CT molecular complexity index is 1160. The van der Waals surface area contributed by atoms with Gasteiger partial charge in [-0.05, 0) is 67.9 Å². The molecule has 0 saturated heterocycles. The molecule has 0 atom stereocenters. The van der Waals surface area contributed by atoms with Gasteiger partial charge >= 0.3 is 0 Å². The first kappa shape index (κ1) is 20.5. The molecule has 30 heavy (non-hydrogen) atoms. The van der Waals surface area contributed by atoms with Crippen LogP contribution in [0, 0.1) is 0 Å². The second-order valence-corrected chi connectivity index (χ2v) is 8.98. The number of carbonyl (C=O) groups excluding carboxylic acids is 1. The molecule has 0 fully saturated rings. The van der Waals surface area contributed by atoms with Crippen molar-refractivity contribution >= 4 is 48.5 Å². The van der Waals surface area contributed by atoms with Gasteiger partial charge < -0.3 is 4.74 Å².